The number of nitrogens with zero attached hydrogens (tertiary/aromatic N) is 3. The summed E-state index contributed by atoms with van der Waals surface area (Å²) in [7, 11) is 0. The molecule has 102 valence electrons. The van der Waals surface area contributed by atoms with Crippen LogP contribution in [0.2, 0.25) is 0 Å². The van der Waals surface area contributed by atoms with Gasteiger partial charge in [-0.1, -0.05) is 13.8 Å². The van der Waals surface area contributed by atoms with Crippen LogP contribution in [-0.2, 0) is 0 Å². The normalized spacial score (nSPS) is 10.8. The Morgan fingerprint density at radius 1 is 1.11 bits per heavy atom. The van der Waals surface area contributed by atoms with E-state index in [0.29, 0.717) is 12.0 Å². The molecule has 0 unspecified atom stereocenters. The Bertz CT molecular complexity index is 367. The predicted molar refractivity (Wildman–Crippen MR) is 71.4 cm³/mol. The van der Waals surface area contributed by atoms with Gasteiger partial charge in [0.1, 0.15) is 0 Å². The van der Waals surface area contributed by atoms with Crippen molar-refractivity contribution in [2.45, 2.75) is 52.7 Å². The Morgan fingerprint density at radius 3 is 2.22 bits per heavy atom. The molecule has 0 aliphatic heterocycles. The number of aromatic nitrogens is 3. The van der Waals surface area contributed by atoms with Crippen LogP contribution >= 0.6 is 0 Å². The zero-order chi connectivity index (χ0) is 13.5. The maximum Gasteiger partial charge on any atom is 0.323 e. The van der Waals surface area contributed by atoms with Crippen molar-refractivity contribution in [1.82, 2.24) is 15.0 Å². The monoisotopic (exact) mass is 254 g/mol. The van der Waals surface area contributed by atoms with Crippen molar-refractivity contribution in [3.05, 3.63) is 0 Å². The molecule has 18 heavy (non-hydrogen) atoms. The number of anilines is 2. The summed E-state index contributed by atoms with van der Waals surface area (Å²) in [5, 5.41) is 3.23. The maximum atomic E-state index is 5.45. The van der Waals surface area contributed by atoms with Gasteiger partial charge < -0.3 is 10.1 Å². The van der Waals surface area contributed by atoms with Gasteiger partial charge in [0.2, 0.25) is 11.9 Å². The van der Waals surface area contributed by atoms with Crippen molar-refractivity contribution >= 4 is 11.9 Å². The van der Waals surface area contributed by atoms with Crippen molar-refractivity contribution in [2.24, 2.45) is 5.84 Å². The molecule has 0 aliphatic carbocycles. The smallest absolute Gasteiger partial charge is 0.323 e. The highest BCUT2D eigenvalue weighted by Gasteiger charge is 2.11. The second-order valence-corrected chi connectivity index (χ2v) is 4.23. The van der Waals surface area contributed by atoms with Crippen LogP contribution in [0.5, 0.6) is 6.01 Å². The van der Waals surface area contributed by atoms with Crippen LogP contribution in [0, 0.1) is 0 Å². The minimum Gasteiger partial charge on any atom is -0.461 e. The number of hydrogen-bond donors (Lipinski definition) is 3. The number of nitrogens with two attached hydrogens (primary N) is 1. The van der Waals surface area contributed by atoms with Gasteiger partial charge in [-0.05, 0) is 26.7 Å². The number of hydrogen-bond acceptors (Lipinski definition) is 7. The number of nitrogen functional groups attached to an aromatic ring is 1. The molecular formula is C11H22N6O. The van der Waals surface area contributed by atoms with E-state index >= 15 is 0 Å². The second-order valence-electron chi connectivity index (χ2n) is 4.23. The first-order chi connectivity index (χ1) is 8.58. The molecule has 0 spiro atoms. The Labute approximate surface area is 108 Å². The summed E-state index contributed by atoms with van der Waals surface area (Å²) in [6.07, 6.45) is 1.99. The lowest BCUT2D eigenvalue weighted by atomic mass is 10.2. The van der Waals surface area contributed by atoms with E-state index in [1.165, 1.54) is 0 Å². The average Bonchev–Trinajstić information content (AvgIpc) is 2.34. The maximum absolute atomic E-state index is 5.45. The summed E-state index contributed by atoms with van der Waals surface area (Å²) in [5.74, 6) is 6.09. The fourth-order valence-electron chi connectivity index (χ4n) is 1.42. The summed E-state index contributed by atoms with van der Waals surface area (Å²) < 4.78 is 5.45. The molecule has 7 heteroatoms. The first kappa shape index (κ1) is 14.4. The molecule has 0 bridgehead atoms. The molecule has 0 amide bonds. The third-order valence-electron chi connectivity index (χ3n) is 2.40. The van der Waals surface area contributed by atoms with Gasteiger partial charge in [-0.2, -0.15) is 15.0 Å². The molecule has 4 N–H and O–H groups in total. The van der Waals surface area contributed by atoms with Crippen molar-refractivity contribution in [2.75, 3.05) is 10.7 Å². The molecule has 0 saturated heterocycles. The third-order valence-corrected chi connectivity index (χ3v) is 2.40. The lowest BCUT2D eigenvalue weighted by Crippen LogP contribution is -2.21. The highest BCUT2D eigenvalue weighted by Crippen LogP contribution is 2.14. The fraction of sp³-hybridized carbons (Fsp3) is 0.727. The van der Waals surface area contributed by atoms with Crippen molar-refractivity contribution in [3.8, 4) is 6.01 Å². The Balaban J connectivity index is 2.89. The van der Waals surface area contributed by atoms with E-state index in [1.807, 2.05) is 13.8 Å². The zero-order valence-corrected chi connectivity index (χ0v) is 11.4. The Morgan fingerprint density at radius 2 is 1.72 bits per heavy atom. The van der Waals surface area contributed by atoms with Gasteiger partial charge in [0, 0.05) is 6.04 Å². The lowest BCUT2D eigenvalue weighted by molar-refractivity contribution is 0.222. The molecule has 1 heterocycles. The third kappa shape index (κ3) is 4.33. The number of rotatable bonds is 7. The molecule has 0 fully saturated rings. The molecule has 0 atom stereocenters. The highest BCUT2D eigenvalue weighted by molar-refractivity contribution is 5.35. The summed E-state index contributed by atoms with van der Waals surface area (Å²) in [6, 6.07) is 0.589. The van der Waals surface area contributed by atoms with Crippen molar-refractivity contribution < 1.29 is 4.74 Å². The average molecular weight is 254 g/mol. The van der Waals surface area contributed by atoms with E-state index in [0.717, 1.165) is 12.8 Å². The molecule has 7 nitrogen and oxygen atoms in total. The van der Waals surface area contributed by atoms with Gasteiger partial charge in [-0.25, -0.2) is 5.84 Å². The summed E-state index contributed by atoms with van der Waals surface area (Å²) in [4.78, 5) is 12.4. The minimum absolute atomic E-state index is 0.000906. The van der Waals surface area contributed by atoms with Crippen LogP contribution in [0.25, 0.3) is 0 Å². The first-order valence-corrected chi connectivity index (χ1v) is 6.24. The van der Waals surface area contributed by atoms with E-state index in [-0.39, 0.29) is 18.1 Å². The van der Waals surface area contributed by atoms with Crippen LogP contribution in [0.4, 0.5) is 11.9 Å². The molecule has 0 aliphatic rings. The summed E-state index contributed by atoms with van der Waals surface area (Å²) in [6.45, 7) is 8.03. The van der Waals surface area contributed by atoms with Crippen LogP contribution in [-0.4, -0.2) is 27.1 Å². The lowest BCUT2D eigenvalue weighted by Gasteiger charge is -2.16. The first-order valence-electron chi connectivity index (χ1n) is 6.24. The van der Waals surface area contributed by atoms with E-state index in [2.05, 4.69) is 39.5 Å². The van der Waals surface area contributed by atoms with Gasteiger partial charge in [-0.3, -0.25) is 5.43 Å². The van der Waals surface area contributed by atoms with E-state index in [1.54, 1.807) is 0 Å². The Kier molecular flexibility index (Phi) is 5.57. The van der Waals surface area contributed by atoms with Crippen molar-refractivity contribution in [3.63, 3.8) is 0 Å². The molecule has 1 rings (SSSR count). The van der Waals surface area contributed by atoms with Crippen LogP contribution in [0.1, 0.15) is 40.5 Å². The molecule has 0 saturated carbocycles. The minimum atomic E-state index is -0.000906. The molecule has 0 radical (unpaired) electrons. The largest absolute Gasteiger partial charge is 0.461 e. The van der Waals surface area contributed by atoms with Gasteiger partial charge in [0.25, 0.3) is 0 Å². The van der Waals surface area contributed by atoms with E-state index in [4.69, 9.17) is 10.6 Å². The topological polar surface area (TPSA) is 98.0 Å². The van der Waals surface area contributed by atoms with E-state index < -0.39 is 0 Å². The highest BCUT2D eigenvalue weighted by atomic mass is 16.5. The molecular weight excluding hydrogens is 232 g/mol. The fourth-order valence-corrected chi connectivity index (χ4v) is 1.42. The van der Waals surface area contributed by atoms with Crippen LogP contribution < -0.4 is 21.3 Å². The quantitative estimate of drug-likeness (QED) is 0.501. The molecule has 0 aromatic carbocycles. The van der Waals surface area contributed by atoms with Crippen LogP contribution in [0.15, 0.2) is 0 Å². The van der Waals surface area contributed by atoms with Gasteiger partial charge in [0.15, 0.2) is 0 Å². The molecule has 1 aromatic heterocycles. The number of nitrogens with one attached hydrogen (secondary N) is 2. The predicted octanol–water partition coefficient (Wildman–Crippen LogP) is 1.54. The van der Waals surface area contributed by atoms with Crippen LogP contribution in [0.3, 0.4) is 0 Å². The second kappa shape index (κ2) is 6.95. The SMILES string of the molecule is CCC(CC)Nc1nc(NN)nc(OC(C)C)n1. The van der Waals surface area contributed by atoms with Gasteiger partial charge in [0.05, 0.1) is 6.10 Å². The van der Waals surface area contributed by atoms with Gasteiger partial charge >= 0.3 is 6.01 Å². The number of hydrazine groups is 1. The standard InChI is InChI=1S/C11H22N6O/c1-5-8(6-2)13-9-14-10(17-12)16-11(15-9)18-7(3)4/h7-8H,5-6,12H2,1-4H3,(H2,13,14,15,16,17). The van der Waals surface area contributed by atoms with Crippen molar-refractivity contribution in [1.29, 1.82) is 0 Å². The number of ether oxygens (including phenoxy) is 1. The zero-order valence-electron chi connectivity index (χ0n) is 11.4. The molecule has 1 aromatic rings. The Hall–Kier alpha value is -1.63. The van der Waals surface area contributed by atoms with E-state index in [9.17, 15) is 0 Å². The van der Waals surface area contributed by atoms with Gasteiger partial charge in [-0.15, -0.1) is 0 Å². The summed E-state index contributed by atoms with van der Waals surface area (Å²) in [5.41, 5.74) is 2.41. The summed E-state index contributed by atoms with van der Waals surface area (Å²) >= 11 is 0.